The largest absolute Gasteiger partial charge is 0.363 e. The maximum absolute atomic E-state index is 12.6. The summed E-state index contributed by atoms with van der Waals surface area (Å²) >= 11 is 3.36. The number of hydrogen-bond donors (Lipinski definition) is 0. The average Bonchev–Trinajstić information content (AvgIpc) is 2.60. The zero-order valence-corrected chi connectivity index (χ0v) is 16.2. The number of carbonyl (C=O) groups is 1. The van der Waals surface area contributed by atoms with E-state index in [0.717, 1.165) is 35.0 Å². The third kappa shape index (κ3) is 4.07. The highest BCUT2D eigenvalue weighted by molar-refractivity contribution is 9.10. The lowest BCUT2D eigenvalue weighted by Gasteiger charge is -2.35. The Balaban J connectivity index is 1.69. The molecule has 0 bridgehead atoms. The van der Waals surface area contributed by atoms with Gasteiger partial charge in [-0.3, -0.25) is 9.78 Å². The lowest BCUT2D eigenvalue weighted by molar-refractivity contribution is 0.0746. The van der Waals surface area contributed by atoms with E-state index < -0.39 is 0 Å². The Morgan fingerprint density at radius 2 is 1.84 bits per heavy atom. The summed E-state index contributed by atoms with van der Waals surface area (Å²) in [6.45, 7) is 4.71. The summed E-state index contributed by atoms with van der Waals surface area (Å²) in [5.41, 5.74) is 0.607. The molecule has 0 atom stereocenters. The van der Waals surface area contributed by atoms with Gasteiger partial charge in [0.25, 0.3) is 5.91 Å². The quantitative estimate of drug-likeness (QED) is 0.778. The van der Waals surface area contributed by atoms with E-state index in [9.17, 15) is 4.79 Å². The molecule has 0 radical (unpaired) electrons. The van der Waals surface area contributed by atoms with E-state index >= 15 is 0 Å². The summed E-state index contributed by atoms with van der Waals surface area (Å²) in [5.74, 6) is 2.56. The molecule has 8 heteroatoms. The molecule has 3 heterocycles. The minimum Gasteiger partial charge on any atom is -0.363 e. The molecule has 1 fully saturated rings. The molecule has 7 nitrogen and oxygen atoms in total. The van der Waals surface area contributed by atoms with Gasteiger partial charge in [-0.2, -0.15) is 0 Å². The van der Waals surface area contributed by atoms with E-state index in [1.807, 2.05) is 36.9 Å². The van der Waals surface area contributed by atoms with Crippen molar-refractivity contribution in [1.82, 2.24) is 19.9 Å². The molecule has 0 spiro atoms. The minimum absolute atomic E-state index is 0.0151. The molecule has 0 unspecified atom stereocenters. The van der Waals surface area contributed by atoms with Gasteiger partial charge in [-0.25, -0.2) is 9.97 Å². The van der Waals surface area contributed by atoms with Gasteiger partial charge in [0.05, 0.1) is 5.56 Å². The Bertz CT molecular complexity index is 773. The number of aryl methyl sites for hydroxylation is 1. The summed E-state index contributed by atoms with van der Waals surface area (Å²) in [6, 6.07) is 3.79. The fraction of sp³-hybridized carbons (Fsp3) is 0.412. The van der Waals surface area contributed by atoms with Gasteiger partial charge in [0, 0.05) is 63.2 Å². The van der Waals surface area contributed by atoms with Crippen LogP contribution in [0.1, 0.15) is 16.2 Å². The van der Waals surface area contributed by atoms with Crippen LogP contribution in [0, 0.1) is 6.92 Å². The fourth-order valence-electron chi connectivity index (χ4n) is 2.78. The molecule has 3 rings (SSSR count). The number of halogens is 1. The molecule has 1 aliphatic heterocycles. The Kier molecular flexibility index (Phi) is 5.17. The highest BCUT2D eigenvalue weighted by Gasteiger charge is 2.23. The summed E-state index contributed by atoms with van der Waals surface area (Å²) in [5, 5.41) is 0. The van der Waals surface area contributed by atoms with Gasteiger partial charge < -0.3 is 14.7 Å². The summed E-state index contributed by atoms with van der Waals surface area (Å²) in [7, 11) is 3.93. The third-order valence-electron chi connectivity index (χ3n) is 4.11. The van der Waals surface area contributed by atoms with Crippen molar-refractivity contribution in [1.29, 1.82) is 0 Å². The first-order valence-corrected chi connectivity index (χ1v) is 8.91. The molecule has 1 amide bonds. The van der Waals surface area contributed by atoms with E-state index in [1.165, 1.54) is 0 Å². The Morgan fingerprint density at radius 3 is 2.48 bits per heavy atom. The molecule has 0 saturated carbocycles. The highest BCUT2D eigenvalue weighted by Crippen LogP contribution is 2.20. The average molecular weight is 405 g/mol. The van der Waals surface area contributed by atoms with E-state index in [-0.39, 0.29) is 5.91 Å². The molecule has 25 heavy (non-hydrogen) atoms. The van der Waals surface area contributed by atoms with Crippen molar-refractivity contribution in [3.8, 4) is 0 Å². The number of pyridine rings is 1. The predicted octanol–water partition coefficient (Wildman–Crippen LogP) is 1.97. The lowest BCUT2D eigenvalue weighted by Crippen LogP contribution is -2.49. The molecule has 132 valence electrons. The van der Waals surface area contributed by atoms with Gasteiger partial charge in [0.1, 0.15) is 17.5 Å². The second kappa shape index (κ2) is 7.35. The van der Waals surface area contributed by atoms with Crippen LogP contribution in [0.15, 0.2) is 29.0 Å². The monoisotopic (exact) mass is 404 g/mol. The van der Waals surface area contributed by atoms with E-state index in [2.05, 4.69) is 35.8 Å². The number of carbonyl (C=O) groups excluding carboxylic acids is 1. The van der Waals surface area contributed by atoms with Crippen LogP contribution in [0.25, 0.3) is 0 Å². The van der Waals surface area contributed by atoms with E-state index in [1.54, 1.807) is 18.5 Å². The lowest BCUT2D eigenvalue weighted by atomic mass is 10.2. The second-order valence-electron chi connectivity index (χ2n) is 6.20. The Hall–Kier alpha value is -2.22. The standard InChI is InChI=1S/C17H21BrN6O/c1-12-20-15(22(2)3)9-16(21-12)23-4-6-24(7-5-23)17(25)13-8-14(18)11-19-10-13/h8-11H,4-7H2,1-3H3. The number of anilines is 2. The topological polar surface area (TPSA) is 65.5 Å². The van der Waals surface area contributed by atoms with Crippen LogP contribution in [0.3, 0.4) is 0 Å². The second-order valence-corrected chi connectivity index (χ2v) is 7.11. The van der Waals surface area contributed by atoms with Gasteiger partial charge in [0.2, 0.25) is 0 Å². The van der Waals surface area contributed by atoms with Gasteiger partial charge in [-0.05, 0) is 28.9 Å². The normalized spacial score (nSPS) is 14.6. The first kappa shape index (κ1) is 17.6. The molecular weight excluding hydrogens is 384 g/mol. The van der Waals surface area contributed by atoms with Crippen molar-refractivity contribution >= 4 is 33.5 Å². The van der Waals surface area contributed by atoms with Crippen LogP contribution in [0.2, 0.25) is 0 Å². The molecule has 2 aromatic heterocycles. The van der Waals surface area contributed by atoms with Crippen molar-refractivity contribution in [2.75, 3.05) is 50.1 Å². The van der Waals surface area contributed by atoms with Crippen molar-refractivity contribution in [2.24, 2.45) is 0 Å². The van der Waals surface area contributed by atoms with E-state index in [4.69, 9.17) is 0 Å². The van der Waals surface area contributed by atoms with Crippen LogP contribution in [0.5, 0.6) is 0 Å². The Morgan fingerprint density at radius 1 is 1.12 bits per heavy atom. The summed E-state index contributed by atoms with van der Waals surface area (Å²) < 4.78 is 0.810. The zero-order chi connectivity index (χ0) is 18.0. The van der Waals surface area contributed by atoms with Gasteiger partial charge in [0.15, 0.2) is 0 Å². The maximum Gasteiger partial charge on any atom is 0.255 e. The van der Waals surface area contributed by atoms with E-state index in [0.29, 0.717) is 18.7 Å². The van der Waals surface area contributed by atoms with Crippen molar-refractivity contribution in [2.45, 2.75) is 6.92 Å². The molecule has 0 N–H and O–H groups in total. The van der Waals surface area contributed by atoms with Gasteiger partial charge >= 0.3 is 0 Å². The number of hydrogen-bond acceptors (Lipinski definition) is 6. The van der Waals surface area contributed by atoms with Crippen LogP contribution >= 0.6 is 15.9 Å². The minimum atomic E-state index is 0.0151. The van der Waals surface area contributed by atoms with Crippen LogP contribution < -0.4 is 9.80 Å². The molecule has 0 aromatic carbocycles. The van der Waals surface area contributed by atoms with Gasteiger partial charge in [-0.15, -0.1) is 0 Å². The van der Waals surface area contributed by atoms with Crippen LogP contribution in [-0.2, 0) is 0 Å². The maximum atomic E-state index is 12.6. The molecule has 1 aliphatic rings. The first-order valence-electron chi connectivity index (χ1n) is 8.12. The number of amides is 1. The van der Waals surface area contributed by atoms with Crippen LogP contribution in [0.4, 0.5) is 11.6 Å². The summed E-state index contributed by atoms with van der Waals surface area (Å²) in [6.07, 6.45) is 3.28. The van der Waals surface area contributed by atoms with Crippen LogP contribution in [-0.4, -0.2) is 66.0 Å². The van der Waals surface area contributed by atoms with Crippen molar-refractivity contribution in [3.05, 3.63) is 40.4 Å². The smallest absolute Gasteiger partial charge is 0.255 e. The molecular formula is C17H21BrN6O. The number of rotatable bonds is 3. The summed E-state index contributed by atoms with van der Waals surface area (Å²) in [4.78, 5) is 31.7. The fourth-order valence-corrected chi connectivity index (χ4v) is 3.14. The number of nitrogens with zero attached hydrogens (tertiary/aromatic N) is 6. The first-order chi connectivity index (χ1) is 11.9. The van der Waals surface area contributed by atoms with Crippen molar-refractivity contribution in [3.63, 3.8) is 0 Å². The molecule has 0 aliphatic carbocycles. The molecule has 1 saturated heterocycles. The predicted molar refractivity (Wildman–Crippen MR) is 101 cm³/mol. The van der Waals surface area contributed by atoms with Crippen molar-refractivity contribution < 1.29 is 4.79 Å². The third-order valence-corrected chi connectivity index (χ3v) is 4.55. The number of aromatic nitrogens is 3. The number of piperazine rings is 1. The Labute approximate surface area is 155 Å². The molecule has 2 aromatic rings. The highest BCUT2D eigenvalue weighted by atomic mass is 79.9. The zero-order valence-electron chi connectivity index (χ0n) is 14.6. The van der Waals surface area contributed by atoms with Gasteiger partial charge in [-0.1, -0.05) is 0 Å². The SMILES string of the molecule is Cc1nc(N(C)C)cc(N2CCN(C(=O)c3cncc(Br)c3)CC2)n1.